The highest BCUT2D eigenvalue weighted by Crippen LogP contribution is 2.30. The van der Waals surface area contributed by atoms with Gasteiger partial charge < -0.3 is 10.2 Å². The summed E-state index contributed by atoms with van der Waals surface area (Å²) in [5.41, 5.74) is 0.744. The van der Waals surface area contributed by atoms with E-state index in [-0.39, 0.29) is 18.2 Å². The predicted octanol–water partition coefficient (Wildman–Crippen LogP) is 3.01. The summed E-state index contributed by atoms with van der Waals surface area (Å²) in [5, 5.41) is 2.95. The molecule has 1 unspecified atom stereocenters. The van der Waals surface area contributed by atoms with Gasteiger partial charge in [-0.05, 0) is 72.4 Å². The normalized spacial score (nSPS) is 22.7. The number of aliphatic imine (C=N–C) groups is 1. The van der Waals surface area contributed by atoms with Crippen molar-refractivity contribution < 1.29 is 9.59 Å². The molecule has 5 nitrogen and oxygen atoms in total. The maximum atomic E-state index is 12.9. The zero-order valence-corrected chi connectivity index (χ0v) is 15.0. The summed E-state index contributed by atoms with van der Waals surface area (Å²) >= 11 is 2.23. The molecule has 0 aliphatic carbocycles. The standard InChI is InChI=1S/C17H16IN3O2/c1-11-9-12(18)6-7-13(11)19-16(23)17(2)10-15(22)20-14-5-3-4-8-21(14)17/h3-9H,10H2,1-2H3,(H,19,23). The number of allylic oxidation sites excluding steroid dienone is 2. The van der Waals surface area contributed by atoms with E-state index in [0.717, 1.165) is 14.8 Å². The molecule has 0 fully saturated rings. The van der Waals surface area contributed by atoms with Crippen LogP contribution in [0.3, 0.4) is 0 Å². The van der Waals surface area contributed by atoms with Crippen molar-refractivity contribution in [1.82, 2.24) is 4.90 Å². The molecule has 3 rings (SSSR count). The molecule has 1 aromatic rings. The molecule has 2 heterocycles. The number of amidine groups is 1. The van der Waals surface area contributed by atoms with Gasteiger partial charge in [0.2, 0.25) is 0 Å². The molecule has 118 valence electrons. The van der Waals surface area contributed by atoms with Gasteiger partial charge in [0, 0.05) is 15.5 Å². The van der Waals surface area contributed by atoms with E-state index in [0.29, 0.717) is 5.84 Å². The zero-order valence-electron chi connectivity index (χ0n) is 12.8. The number of anilines is 1. The van der Waals surface area contributed by atoms with E-state index in [2.05, 4.69) is 32.9 Å². The third-order valence-electron chi connectivity index (χ3n) is 4.03. The minimum atomic E-state index is -0.995. The van der Waals surface area contributed by atoms with Crippen molar-refractivity contribution in [2.24, 2.45) is 4.99 Å². The highest BCUT2D eigenvalue weighted by atomic mass is 127. The lowest BCUT2D eigenvalue weighted by atomic mass is 9.91. The maximum absolute atomic E-state index is 12.9. The fraction of sp³-hybridized carbons (Fsp3) is 0.235. The van der Waals surface area contributed by atoms with Crippen molar-refractivity contribution in [1.29, 1.82) is 0 Å². The smallest absolute Gasteiger partial charge is 0.250 e. The monoisotopic (exact) mass is 421 g/mol. The first kappa shape index (κ1) is 15.9. The van der Waals surface area contributed by atoms with E-state index in [1.165, 1.54) is 0 Å². The Labute approximate surface area is 148 Å². The lowest BCUT2D eigenvalue weighted by molar-refractivity contribution is -0.130. The van der Waals surface area contributed by atoms with Crippen molar-refractivity contribution in [3.05, 3.63) is 51.8 Å². The SMILES string of the molecule is Cc1cc(I)ccc1NC(=O)C1(C)CC(=O)N=C2C=CC=CN21. The number of halogens is 1. The highest BCUT2D eigenvalue weighted by Gasteiger charge is 2.45. The second kappa shape index (κ2) is 5.92. The first-order valence-electron chi connectivity index (χ1n) is 7.23. The van der Waals surface area contributed by atoms with Crippen LogP contribution < -0.4 is 5.32 Å². The Bertz CT molecular complexity index is 782. The van der Waals surface area contributed by atoms with Gasteiger partial charge in [-0.1, -0.05) is 6.08 Å². The Morgan fingerprint density at radius 1 is 1.39 bits per heavy atom. The largest absolute Gasteiger partial charge is 0.324 e. The molecule has 6 heteroatoms. The number of hydrogen-bond acceptors (Lipinski definition) is 3. The number of amides is 2. The third-order valence-corrected chi connectivity index (χ3v) is 4.70. The maximum Gasteiger partial charge on any atom is 0.250 e. The zero-order chi connectivity index (χ0) is 16.6. The summed E-state index contributed by atoms with van der Waals surface area (Å²) in [7, 11) is 0. The Morgan fingerprint density at radius 3 is 2.91 bits per heavy atom. The Kier molecular flexibility index (Phi) is 4.09. The van der Waals surface area contributed by atoms with Gasteiger partial charge in [-0.25, -0.2) is 0 Å². The summed E-state index contributed by atoms with van der Waals surface area (Å²) in [5.74, 6) is -0.00331. The number of hydrogen-bond donors (Lipinski definition) is 1. The van der Waals surface area contributed by atoms with E-state index in [1.807, 2.05) is 31.2 Å². The Hall–Kier alpha value is -1.96. The number of carbonyl (C=O) groups excluding carboxylic acids is 2. The topological polar surface area (TPSA) is 61.8 Å². The van der Waals surface area contributed by atoms with Crippen molar-refractivity contribution in [3.63, 3.8) is 0 Å². The van der Waals surface area contributed by atoms with Crippen molar-refractivity contribution in [2.75, 3.05) is 5.32 Å². The van der Waals surface area contributed by atoms with Crippen LogP contribution in [-0.4, -0.2) is 28.1 Å². The average Bonchev–Trinajstić information content (AvgIpc) is 2.49. The summed E-state index contributed by atoms with van der Waals surface area (Å²) < 4.78 is 1.11. The van der Waals surface area contributed by atoms with Gasteiger partial charge in [-0.3, -0.25) is 9.59 Å². The predicted molar refractivity (Wildman–Crippen MR) is 98.1 cm³/mol. The van der Waals surface area contributed by atoms with Gasteiger partial charge in [0.15, 0.2) is 0 Å². The molecule has 1 N–H and O–H groups in total. The fourth-order valence-electron chi connectivity index (χ4n) is 2.70. The highest BCUT2D eigenvalue weighted by molar-refractivity contribution is 14.1. The lowest BCUT2D eigenvalue weighted by Gasteiger charge is -2.41. The molecule has 23 heavy (non-hydrogen) atoms. The van der Waals surface area contributed by atoms with E-state index in [4.69, 9.17) is 0 Å². The number of fused-ring (bicyclic) bond motifs is 1. The second-order valence-electron chi connectivity index (χ2n) is 5.80. The number of benzene rings is 1. The van der Waals surface area contributed by atoms with Gasteiger partial charge in [-0.2, -0.15) is 4.99 Å². The Balaban J connectivity index is 1.91. The number of nitrogens with zero attached hydrogens (tertiary/aromatic N) is 2. The van der Waals surface area contributed by atoms with Crippen LogP contribution in [0.15, 0.2) is 47.6 Å². The minimum absolute atomic E-state index is 0.0456. The molecule has 1 aromatic carbocycles. The molecule has 0 bridgehead atoms. The Morgan fingerprint density at radius 2 is 2.17 bits per heavy atom. The summed E-state index contributed by atoms with van der Waals surface area (Å²) in [6.07, 6.45) is 7.19. The van der Waals surface area contributed by atoms with Crippen LogP contribution in [0.1, 0.15) is 18.9 Å². The molecule has 2 aliphatic rings. The number of aryl methyl sites for hydroxylation is 1. The third kappa shape index (κ3) is 2.95. The van der Waals surface area contributed by atoms with Crippen molar-refractivity contribution >= 4 is 45.9 Å². The number of carbonyl (C=O) groups is 2. The van der Waals surface area contributed by atoms with E-state index >= 15 is 0 Å². The molecule has 2 amide bonds. The molecule has 0 aromatic heterocycles. The summed E-state index contributed by atoms with van der Waals surface area (Å²) in [6, 6.07) is 5.82. The first-order chi connectivity index (χ1) is 10.9. The van der Waals surface area contributed by atoms with E-state index in [1.54, 1.807) is 30.2 Å². The summed E-state index contributed by atoms with van der Waals surface area (Å²) in [4.78, 5) is 30.6. The van der Waals surface area contributed by atoms with Crippen molar-refractivity contribution in [2.45, 2.75) is 25.8 Å². The van der Waals surface area contributed by atoms with Crippen molar-refractivity contribution in [3.8, 4) is 0 Å². The van der Waals surface area contributed by atoms with E-state index < -0.39 is 5.54 Å². The average molecular weight is 421 g/mol. The van der Waals surface area contributed by atoms with Gasteiger partial charge >= 0.3 is 0 Å². The van der Waals surface area contributed by atoms with Gasteiger partial charge in [0.1, 0.15) is 11.4 Å². The molecule has 2 aliphatic heterocycles. The quantitative estimate of drug-likeness (QED) is 0.748. The molecule has 0 spiro atoms. The van der Waals surface area contributed by atoms with Crippen LogP contribution in [0, 0.1) is 10.5 Å². The van der Waals surface area contributed by atoms with Crippen LogP contribution in [-0.2, 0) is 9.59 Å². The van der Waals surface area contributed by atoms with Gasteiger partial charge in [0.25, 0.3) is 11.8 Å². The minimum Gasteiger partial charge on any atom is -0.324 e. The number of rotatable bonds is 2. The first-order valence-corrected chi connectivity index (χ1v) is 8.31. The fourth-order valence-corrected chi connectivity index (χ4v) is 3.35. The molecule has 0 saturated carbocycles. The summed E-state index contributed by atoms with van der Waals surface area (Å²) in [6.45, 7) is 3.71. The molecular weight excluding hydrogens is 405 g/mol. The van der Waals surface area contributed by atoms with Crippen LogP contribution in [0.4, 0.5) is 5.69 Å². The van der Waals surface area contributed by atoms with Crippen LogP contribution >= 0.6 is 22.6 Å². The lowest BCUT2D eigenvalue weighted by Crippen LogP contribution is -2.58. The van der Waals surface area contributed by atoms with E-state index in [9.17, 15) is 9.59 Å². The van der Waals surface area contributed by atoms with Crippen LogP contribution in [0.5, 0.6) is 0 Å². The molecular formula is C17H16IN3O2. The van der Waals surface area contributed by atoms with Gasteiger partial charge in [0.05, 0.1) is 6.42 Å². The molecule has 1 atom stereocenters. The number of nitrogens with one attached hydrogen (secondary N) is 1. The van der Waals surface area contributed by atoms with Crippen LogP contribution in [0.25, 0.3) is 0 Å². The van der Waals surface area contributed by atoms with Gasteiger partial charge in [-0.15, -0.1) is 0 Å². The molecule has 0 saturated heterocycles. The molecule has 0 radical (unpaired) electrons. The second-order valence-corrected chi connectivity index (χ2v) is 7.04. The van der Waals surface area contributed by atoms with Crippen LogP contribution in [0.2, 0.25) is 0 Å².